The molecule has 0 spiro atoms. The Labute approximate surface area is 160 Å². The van der Waals surface area contributed by atoms with Crippen molar-refractivity contribution in [1.82, 2.24) is 10.2 Å². The average Bonchev–Trinajstić information content (AvgIpc) is 2.85. The number of carbonyl (C=O) groups is 2. The monoisotopic (exact) mass is 365 g/mol. The van der Waals surface area contributed by atoms with Crippen LogP contribution in [0, 0.1) is 0 Å². The molecule has 3 rings (SSSR count). The van der Waals surface area contributed by atoms with E-state index in [4.69, 9.17) is 0 Å². The van der Waals surface area contributed by atoms with Crippen molar-refractivity contribution in [3.8, 4) is 0 Å². The van der Waals surface area contributed by atoms with Gasteiger partial charge in [-0.3, -0.25) is 14.5 Å². The number of carbonyl (C=O) groups excluding carboxylic acids is 2. The van der Waals surface area contributed by atoms with Gasteiger partial charge in [-0.05, 0) is 42.5 Å². The van der Waals surface area contributed by atoms with E-state index in [-0.39, 0.29) is 24.4 Å². The van der Waals surface area contributed by atoms with Crippen LogP contribution >= 0.6 is 0 Å². The first-order valence-electron chi connectivity index (χ1n) is 9.60. The van der Waals surface area contributed by atoms with Gasteiger partial charge in [0.2, 0.25) is 11.8 Å². The Kier molecular flexibility index (Phi) is 6.60. The summed E-state index contributed by atoms with van der Waals surface area (Å²) in [7, 11) is 0. The quantitative estimate of drug-likeness (QED) is 0.827. The zero-order valence-corrected chi connectivity index (χ0v) is 15.8. The van der Waals surface area contributed by atoms with Crippen LogP contribution in [0.15, 0.2) is 54.6 Å². The summed E-state index contributed by atoms with van der Waals surface area (Å²) in [5, 5.41) is 5.92. The molecule has 1 aliphatic rings. The van der Waals surface area contributed by atoms with E-state index < -0.39 is 0 Å². The summed E-state index contributed by atoms with van der Waals surface area (Å²) in [6.45, 7) is 3.68. The van der Waals surface area contributed by atoms with E-state index in [1.54, 1.807) is 0 Å². The number of benzene rings is 2. The molecule has 27 heavy (non-hydrogen) atoms. The van der Waals surface area contributed by atoms with E-state index >= 15 is 0 Å². The summed E-state index contributed by atoms with van der Waals surface area (Å²) >= 11 is 0. The molecule has 2 amide bonds. The van der Waals surface area contributed by atoms with Gasteiger partial charge in [-0.2, -0.15) is 0 Å². The lowest BCUT2D eigenvalue weighted by atomic mass is 10.0. The summed E-state index contributed by atoms with van der Waals surface area (Å²) in [4.78, 5) is 27.1. The molecule has 0 radical (unpaired) electrons. The fraction of sp³-hybridized carbons (Fsp3) is 0.364. The molecular formula is C22H27N3O2. The molecule has 1 unspecified atom stereocenters. The number of amides is 2. The third-order valence-electron chi connectivity index (χ3n) is 4.93. The van der Waals surface area contributed by atoms with Crippen molar-refractivity contribution >= 4 is 17.5 Å². The van der Waals surface area contributed by atoms with Crippen LogP contribution in [-0.2, 0) is 22.4 Å². The van der Waals surface area contributed by atoms with Gasteiger partial charge in [0.25, 0.3) is 0 Å². The third-order valence-corrected chi connectivity index (χ3v) is 4.93. The fourth-order valence-electron chi connectivity index (χ4n) is 3.39. The Hall–Kier alpha value is -2.66. The topological polar surface area (TPSA) is 61.4 Å². The van der Waals surface area contributed by atoms with Crippen LogP contribution in [0.25, 0.3) is 0 Å². The maximum absolute atomic E-state index is 12.6. The van der Waals surface area contributed by atoms with E-state index in [0.29, 0.717) is 13.0 Å². The number of anilines is 1. The van der Waals surface area contributed by atoms with Gasteiger partial charge in [-0.1, -0.05) is 49.4 Å². The maximum Gasteiger partial charge on any atom is 0.238 e. The molecule has 0 saturated carbocycles. The van der Waals surface area contributed by atoms with E-state index in [9.17, 15) is 9.59 Å². The number of rotatable bonds is 6. The fourth-order valence-corrected chi connectivity index (χ4v) is 3.39. The number of hydrogen-bond acceptors (Lipinski definition) is 3. The first-order chi connectivity index (χ1) is 13.2. The first-order valence-corrected chi connectivity index (χ1v) is 9.60. The largest absolute Gasteiger partial charge is 0.355 e. The minimum absolute atomic E-state index is 0.00329. The van der Waals surface area contributed by atoms with E-state index in [1.807, 2.05) is 59.5 Å². The van der Waals surface area contributed by atoms with Gasteiger partial charge in [0.05, 0.1) is 12.6 Å². The second-order valence-corrected chi connectivity index (χ2v) is 6.92. The van der Waals surface area contributed by atoms with Crippen LogP contribution in [0.4, 0.5) is 5.69 Å². The summed E-state index contributed by atoms with van der Waals surface area (Å²) in [6, 6.07) is 17.5. The molecule has 1 saturated heterocycles. The lowest BCUT2D eigenvalue weighted by Gasteiger charge is -2.27. The molecule has 1 atom stereocenters. The normalized spacial score (nSPS) is 17.8. The van der Waals surface area contributed by atoms with E-state index in [2.05, 4.69) is 17.6 Å². The van der Waals surface area contributed by atoms with Gasteiger partial charge in [-0.25, -0.2) is 0 Å². The minimum Gasteiger partial charge on any atom is -0.355 e. The third kappa shape index (κ3) is 5.41. The van der Waals surface area contributed by atoms with Crippen LogP contribution in [0.5, 0.6) is 0 Å². The molecule has 2 aromatic rings. The predicted octanol–water partition coefficient (Wildman–Crippen LogP) is 2.62. The molecule has 142 valence electrons. The number of nitrogens with zero attached hydrogens (tertiary/aromatic N) is 1. The van der Waals surface area contributed by atoms with Gasteiger partial charge in [-0.15, -0.1) is 0 Å². The van der Waals surface area contributed by atoms with Crippen LogP contribution < -0.4 is 10.6 Å². The second kappa shape index (κ2) is 9.33. The highest BCUT2D eigenvalue weighted by molar-refractivity contribution is 5.93. The summed E-state index contributed by atoms with van der Waals surface area (Å²) in [5.41, 5.74) is 3.12. The second-order valence-electron chi connectivity index (χ2n) is 6.92. The smallest absolute Gasteiger partial charge is 0.238 e. The summed E-state index contributed by atoms with van der Waals surface area (Å²) in [6.07, 6.45) is 2.42. The summed E-state index contributed by atoms with van der Waals surface area (Å²) in [5.74, 6) is -0.0940. The lowest BCUT2D eigenvalue weighted by Crippen LogP contribution is -2.48. The van der Waals surface area contributed by atoms with Gasteiger partial charge in [0, 0.05) is 18.8 Å². The van der Waals surface area contributed by atoms with Crippen LogP contribution in [0.2, 0.25) is 0 Å². The van der Waals surface area contributed by atoms with Crippen molar-refractivity contribution in [2.24, 2.45) is 0 Å². The van der Waals surface area contributed by atoms with Crippen molar-refractivity contribution in [2.75, 3.05) is 25.0 Å². The molecule has 1 aliphatic heterocycles. The molecule has 5 heteroatoms. The molecule has 0 bridgehead atoms. The van der Waals surface area contributed by atoms with Crippen LogP contribution in [-0.4, -0.2) is 42.4 Å². The molecular weight excluding hydrogens is 338 g/mol. The molecule has 0 aliphatic carbocycles. The van der Waals surface area contributed by atoms with Gasteiger partial charge in [0.1, 0.15) is 0 Å². The van der Waals surface area contributed by atoms with Crippen LogP contribution in [0.3, 0.4) is 0 Å². The SMILES string of the molecule is CCc1ccc(NC(=O)CN2CCCNC(=O)C2Cc2ccccc2)cc1. The molecule has 1 fully saturated rings. The van der Waals surface area contributed by atoms with Gasteiger partial charge < -0.3 is 10.6 Å². The maximum atomic E-state index is 12.6. The van der Waals surface area contributed by atoms with Crippen LogP contribution in [0.1, 0.15) is 24.5 Å². The Bertz CT molecular complexity index is 759. The standard InChI is InChI=1S/C22H27N3O2/c1-2-17-9-11-19(12-10-17)24-21(26)16-25-14-6-13-23-22(27)20(25)15-18-7-4-3-5-8-18/h3-5,7-12,20H,2,6,13-16H2,1H3,(H,23,27)(H,24,26). The minimum atomic E-state index is -0.330. The zero-order valence-electron chi connectivity index (χ0n) is 15.8. The van der Waals surface area contributed by atoms with Crippen molar-refractivity contribution < 1.29 is 9.59 Å². The van der Waals surface area contributed by atoms with Crippen molar-refractivity contribution in [2.45, 2.75) is 32.2 Å². The molecule has 5 nitrogen and oxygen atoms in total. The van der Waals surface area contributed by atoms with Crippen molar-refractivity contribution in [3.05, 3.63) is 65.7 Å². The number of hydrogen-bond donors (Lipinski definition) is 2. The van der Waals surface area contributed by atoms with Gasteiger partial charge in [0.15, 0.2) is 0 Å². The highest BCUT2D eigenvalue weighted by Gasteiger charge is 2.29. The average molecular weight is 365 g/mol. The molecule has 2 aromatic carbocycles. The first kappa shape index (κ1) is 19.1. The number of aryl methyl sites for hydroxylation is 1. The van der Waals surface area contributed by atoms with E-state index in [1.165, 1.54) is 5.56 Å². The highest BCUT2D eigenvalue weighted by atomic mass is 16.2. The Morgan fingerprint density at radius 2 is 1.85 bits per heavy atom. The summed E-state index contributed by atoms with van der Waals surface area (Å²) < 4.78 is 0. The van der Waals surface area contributed by atoms with Gasteiger partial charge >= 0.3 is 0 Å². The Morgan fingerprint density at radius 3 is 2.56 bits per heavy atom. The van der Waals surface area contributed by atoms with Crippen molar-refractivity contribution in [3.63, 3.8) is 0 Å². The molecule has 2 N–H and O–H groups in total. The van der Waals surface area contributed by atoms with Crippen molar-refractivity contribution in [1.29, 1.82) is 0 Å². The Balaban J connectivity index is 1.66. The molecule has 1 heterocycles. The highest BCUT2D eigenvalue weighted by Crippen LogP contribution is 2.14. The Morgan fingerprint density at radius 1 is 1.11 bits per heavy atom. The zero-order chi connectivity index (χ0) is 19.1. The van der Waals surface area contributed by atoms with E-state index in [0.717, 1.165) is 30.6 Å². The lowest BCUT2D eigenvalue weighted by molar-refractivity contribution is -0.126. The predicted molar refractivity (Wildman–Crippen MR) is 108 cm³/mol. The number of nitrogens with one attached hydrogen (secondary N) is 2. The molecule has 0 aromatic heterocycles.